The van der Waals surface area contributed by atoms with Crippen molar-refractivity contribution in [2.45, 2.75) is 30.8 Å². The Morgan fingerprint density at radius 2 is 2.32 bits per heavy atom. The van der Waals surface area contributed by atoms with Crippen LogP contribution < -0.4 is 5.73 Å². The van der Waals surface area contributed by atoms with Crippen molar-refractivity contribution in [2.24, 2.45) is 5.73 Å². The second-order valence-electron chi connectivity index (χ2n) is 4.22. The van der Waals surface area contributed by atoms with Gasteiger partial charge in [-0.1, -0.05) is 6.07 Å². The molecule has 1 heterocycles. The highest BCUT2D eigenvalue weighted by Crippen LogP contribution is 2.19. The van der Waals surface area contributed by atoms with Crippen LogP contribution in [0.4, 0.5) is 4.39 Å². The summed E-state index contributed by atoms with van der Waals surface area (Å²) in [6, 6.07) is 6.52. The highest BCUT2D eigenvalue weighted by molar-refractivity contribution is 7.99. The normalized spacial score (nSPS) is 12.6. The topological polar surface area (TPSA) is 56.7 Å². The second-order valence-corrected chi connectivity index (χ2v) is 5.32. The molecule has 0 aliphatic heterocycles. The maximum Gasteiger partial charge on any atom is 0.138 e. The van der Waals surface area contributed by atoms with Crippen LogP contribution in [-0.2, 0) is 13.0 Å². The number of halogens is 1. The van der Waals surface area contributed by atoms with E-state index < -0.39 is 0 Å². The lowest BCUT2D eigenvalue weighted by Gasteiger charge is -2.11. The zero-order chi connectivity index (χ0) is 13.7. The number of nitrogens with zero attached hydrogens (tertiary/aromatic N) is 3. The highest BCUT2D eigenvalue weighted by Gasteiger charge is 2.10. The predicted molar refractivity (Wildman–Crippen MR) is 74.5 cm³/mol. The van der Waals surface area contributed by atoms with Crippen LogP contribution in [0, 0.1) is 5.82 Å². The Morgan fingerprint density at radius 1 is 1.47 bits per heavy atom. The zero-order valence-corrected chi connectivity index (χ0v) is 11.6. The van der Waals surface area contributed by atoms with Crippen LogP contribution in [0.2, 0.25) is 0 Å². The lowest BCUT2D eigenvalue weighted by atomic mass is 10.2. The highest BCUT2D eigenvalue weighted by atomic mass is 32.2. The van der Waals surface area contributed by atoms with Crippen LogP contribution in [0.25, 0.3) is 0 Å². The van der Waals surface area contributed by atoms with Crippen molar-refractivity contribution in [2.75, 3.05) is 5.75 Å². The van der Waals surface area contributed by atoms with Crippen LogP contribution in [0.5, 0.6) is 0 Å². The monoisotopic (exact) mass is 280 g/mol. The van der Waals surface area contributed by atoms with Gasteiger partial charge in [0.2, 0.25) is 0 Å². The molecule has 1 unspecified atom stereocenters. The molecule has 2 N–H and O–H groups in total. The van der Waals surface area contributed by atoms with Crippen molar-refractivity contribution in [3.8, 4) is 0 Å². The van der Waals surface area contributed by atoms with Gasteiger partial charge in [0, 0.05) is 29.7 Å². The van der Waals surface area contributed by atoms with E-state index in [-0.39, 0.29) is 11.9 Å². The van der Waals surface area contributed by atoms with E-state index in [0.29, 0.717) is 6.42 Å². The average Bonchev–Trinajstić information content (AvgIpc) is 2.84. The molecule has 0 aliphatic rings. The van der Waals surface area contributed by atoms with Crippen LogP contribution in [0.15, 0.2) is 35.5 Å². The van der Waals surface area contributed by atoms with Gasteiger partial charge in [-0.15, -0.1) is 11.8 Å². The summed E-state index contributed by atoms with van der Waals surface area (Å²) < 4.78 is 14.9. The van der Waals surface area contributed by atoms with Gasteiger partial charge in [-0.3, -0.25) is 4.68 Å². The van der Waals surface area contributed by atoms with Crippen LogP contribution in [0.1, 0.15) is 12.7 Å². The minimum absolute atomic E-state index is 0.0252. The third-order valence-electron chi connectivity index (χ3n) is 2.70. The number of thioether (sulfide) groups is 1. The second kappa shape index (κ2) is 6.68. The summed E-state index contributed by atoms with van der Waals surface area (Å²) in [6.45, 7) is 2.81. The molecule has 19 heavy (non-hydrogen) atoms. The van der Waals surface area contributed by atoms with E-state index in [9.17, 15) is 4.39 Å². The Morgan fingerprint density at radius 3 is 3.05 bits per heavy atom. The molecule has 0 radical (unpaired) electrons. The van der Waals surface area contributed by atoms with Gasteiger partial charge < -0.3 is 5.73 Å². The number of hydrogen-bond donors (Lipinski definition) is 1. The molecule has 0 aliphatic carbocycles. The molecule has 0 saturated heterocycles. The van der Waals surface area contributed by atoms with E-state index in [0.717, 1.165) is 23.0 Å². The number of benzene rings is 1. The lowest BCUT2D eigenvalue weighted by molar-refractivity contribution is 0.588. The van der Waals surface area contributed by atoms with Gasteiger partial charge in [0.25, 0.3) is 0 Å². The lowest BCUT2D eigenvalue weighted by Crippen LogP contribution is -2.27. The van der Waals surface area contributed by atoms with Crippen molar-refractivity contribution in [3.05, 3.63) is 42.2 Å². The number of nitrogens with two attached hydrogens (primary N) is 1. The van der Waals surface area contributed by atoms with E-state index in [4.69, 9.17) is 5.73 Å². The van der Waals surface area contributed by atoms with E-state index in [1.165, 1.54) is 12.1 Å². The molecule has 0 saturated carbocycles. The van der Waals surface area contributed by atoms with Crippen molar-refractivity contribution in [3.63, 3.8) is 0 Å². The summed E-state index contributed by atoms with van der Waals surface area (Å²) in [5.74, 6) is 1.40. The molecular formula is C13H17FN4S. The summed E-state index contributed by atoms with van der Waals surface area (Å²) in [6.07, 6.45) is 2.22. The van der Waals surface area contributed by atoms with Gasteiger partial charge >= 0.3 is 0 Å². The number of aryl methyl sites for hydroxylation is 1. The zero-order valence-electron chi connectivity index (χ0n) is 10.8. The molecule has 2 rings (SSSR count). The molecule has 0 bridgehead atoms. The van der Waals surface area contributed by atoms with E-state index in [1.54, 1.807) is 24.2 Å². The Hall–Kier alpha value is -1.40. The smallest absolute Gasteiger partial charge is 0.138 e. The first-order valence-corrected chi connectivity index (χ1v) is 7.18. The molecule has 4 nitrogen and oxygen atoms in total. The molecule has 2 aromatic rings. The summed E-state index contributed by atoms with van der Waals surface area (Å²) >= 11 is 1.56. The van der Waals surface area contributed by atoms with E-state index >= 15 is 0 Å². The molecule has 6 heteroatoms. The Kier molecular flexibility index (Phi) is 4.93. The summed E-state index contributed by atoms with van der Waals surface area (Å²) in [7, 11) is 0. The summed E-state index contributed by atoms with van der Waals surface area (Å²) in [5, 5.41) is 4.11. The quantitative estimate of drug-likeness (QED) is 0.823. The molecule has 0 spiro atoms. The third-order valence-corrected chi connectivity index (χ3v) is 3.88. The van der Waals surface area contributed by atoms with Crippen molar-refractivity contribution in [1.29, 1.82) is 0 Å². The Bertz CT molecular complexity index is 529. The van der Waals surface area contributed by atoms with Gasteiger partial charge in [-0.2, -0.15) is 5.10 Å². The first-order chi connectivity index (χ1) is 9.19. The maximum atomic E-state index is 13.0. The third kappa shape index (κ3) is 4.04. The van der Waals surface area contributed by atoms with E-state index in [1.807, 2.05) is 17.7 Å². The Labute approximate surface area is 116 Å². The van der Waals surface area contributed by atoms with Gasteiger partial charge in [-0.05, 0) is 25.1 Å². The maximum absolute atomic E-state index is 13.0. The molecule has 102 valence electrons. The fourth-order valence-electron chi connectivity index (χ4n) is 1.76. The van der Waals surface area contributed by atoms with Crippen LogP contribution in [-0.4, -0.2) is 26.6 Å². The first-order valence-electron chi connectivity index (χ1n) is 6.19. The number of hydrogen-bond acceptors (Lipinski definition) is 4. The van der Waals surface area contributed by atoms with Gasteiger partial charge in [0.1, 0.15) is 18.0 Å². The molecule has 0 amide bonds. The molecule has 1 aromatic carbocycles. The number of rotatable bonds is 6. The van der Waals surface area contributed by atoms with Crippen molar-refractivity contribution < 1.29 is 4.39 Å². The number of aromatic nitrogens is 3. The SMILES string of the molecule is CCn1ncnc1CC(N)CSc1cccc(F)c1. The Balaban J connectivity index is 1.86. The largest absolute Gasteiger partial charge is 0.327 e. The summed E-state index contributed by atoms with van der Waals surface area (Å²) in [5.41, 5.74) is 6.08. The fraction of sp³-hybridized carbons (Fsp3) is 0.385. The standard InChI is InChI=1S/C13H17FN4S/c1-2-18-13(16-9-17-18)7-11(15)8-19-12-5-3-4-10(14)6-12/h3-6,9,11H,2,7-8,15H2,1H3. The van der Waals surface area contributed by atoms with Gasteiger partial charge in [0.15, 0.2) is 0 Å². The minimum Gasteiger partial charge on any atom is -0.327 e. The summed E-state index contributed by atoms with van der Waals surface area (Å²) in [4.78, 5) is 5.09. The van der Waals surface area contributed by atoms with E-state index in [2.05, 4.69) is 10.1 Å². The fourth-order valence-corrected chi connectivity index (χ4v) is 2.66. The van der Waals surface area contributed by atoms with Gasteiger partial charge in [0.05, 0.1) is 0 Å². The van der Waals surface area contributed by atoms with Gasteiger partial charge in [-0.25, -0.2) is 9.37 Å². The molecular weight excluding hydrogens is 263 g/mol. The molecule has 1 atom stereocenters. The van der Waals surface area contributed by atoms with Crippen molar-refractivity contribution in [1.82, 2.24) is 14.8 Å². The average molecular weight is 280 g/mol. The minimum atomic E-state index is -0.218. The molecule has 1 aromatic heterocycles. The van der Waals surface area contributed by atoms with Crippen LogP contribution in [0.3, 0.4) is 0 Å². The van der Waals surface area contributed by atoms with Crippen molar-refractivity contribution >= 4 is 11.8 Å². The predicted octanol–water partition coefficient (Wildman–Crippen LogP) is 2.10. The molecule has 0 fully saturated rings. The first kappa shape index (κ1) is 14.0. The van der Waals surface area contributed by atoms with Crippen LogP contribution >= 0.6 is 11.8 Å².